The fourth-order valence-corrected chi connectivity index (χ4v) is 3.40. The van der Waals surface area contributed by atoms with Gasteiger partial charge in [-0.25, -0.2) is 4.39 Å². The van der Waals surface area contributed by atoms with Crippen molar-refractivity contribution in [1.82, 2.24) is 5.32 Å². The van der Waals surface area contributed by atoms with Gasteiger partial charge >= 0.3 is 5.97 Å². The molecule has 1 unspecified atom stereocenters. The summed E-state index contributed by atoms with van der Waals surface area (Å²) < 4.78 is 14.6. The van der Waals surface area contributed by atoms with Gasteiger partial charge in [0.05, 0.1) is 12.5 Å². The summed E-state index contributed by atoms with van der Waals surface area (Å²) in [6.07, 6.45) is -0.0228. The van der Waals surface area contributed by atoms with Crippen molar-refractivity contribution in [1.29, 1.82) is 0 Å². The van der Waals surface area contributed by atoms with Crippen LogP contribution in [-0.4, -0.2) is 17.5 Å². The molecule has 0 fully saturated rings. The van der Waals surface area contributed by atoms with Crippen molar-refractivity contribution in [3.05, 3.63) is 57.4 Å². The summed E-state index contributed by atoms with van der Waals surface area (Å²) in [5.74, 6) is -1.64. The number of benzene rings is 2. The lowest BCUT2D eigenvalue weighted by Crippen LogP contribution is -2.23. The smallest absolute Gasteiger partial charge is 0.305 e. The molecule has 0 heterocycles. The van der Waals surface area contributed by atoms with Crippen LogP contribution in [0.3, 0.4) is 0 Å². The topological polar surface area (TPSA) is 66.4 Å². The van der Waals surface area contributed by atoms with E-state index in [0.29, 0.717) is 17.0 Å². The molecule has 0 aliphatic rings. The standard InChI is InChI=1S/C19H19ClFNO3/c1-10-5-14(20)6-11(2)18(10)13-4-12(3)19(21)15(7-13)16(22-9-23)8-17(24)25/h4-7,9,16H,8H2,1-3H3,(H,22,23)(H,24,25). The first kappa shape index (κ1) is 18.9. The highest BCUT2D eigenvalue weighted by Gasteiger charge is 2.21. The van der Waals surface area contributed by atoms with E-state index >= 15 is 0 Å². The Balaban J connectivity index is 2.65. The lowest BCUT2D eigenvalue weighted by atomic mass is 9.90. The van der Waals surface area contributed by atoms with Gasteiger partial charge in [0.15, 0.2) is 0 Å². The van der Waals surface area contributed by atoms with Gasteiger partial charge in [-0.1, -0.05) is 11.6 Å². The van der Waals surface area contributed by atoms with Gasteiger partial charge in [-0.05, 0) is 72.9 Å². The Kier molecular flexibility index (Phi) is 5.80. The Labute approximate surface area is 150 Å². The van der Waals surface area contributed by atoms with Crippen molar-refractivity contribution in [3.8, 4) is 11.1 Å². The molecule has 25 heavy (non-hydrogen) atoms. The van der Waals surface area contributed by atoms with Crippen molar-refractivity contribution >= 4 is 24.0 Å². The van der Waals surface area contributed by atoms with Crippen LogP contribution in [0.1, 0.15) is 34.7 Å². The summed E-state index contributed by atoms with van der Waals surface area (Å²) in [6.45, 7) is 5.43. The molecule has 0 aromatic heterocycles. The van der Waals surface area contributed by atoms with Gasteiger partial charge in [-0.3, -0.25) is 9.59 Å². The number of carbonyl (C=O) groups is 2. The molecule has 0 bridgehead atoms. The van der Waals surface area contributed by atoms with Gasteiger partial charge < -0.3 is 10.4 Å². The van der Waals surface area contributed by atoms with E-state index in [1.165, 1.54) is 0 Å². The Morgan fingerprint density at radius 1 is 1.20 bits per heavy atom. The molecular formula is C19H19ClFNO3. The number of aryl methyl sites for hydroxylation is 3. The van der Waals surface area contributed by atoms with Crippen LogP contribution in [0, 0.1) is 26.6 Å². The zero-order valence-corrected chi connectivity index (χ0v) is 14.9. The van der Waals surface area contributed by atoms with Crippen molar-refractivity contribution in [2.45, 2.75) is 33.2 Å². The van der Waals surface area contributed by atoms with Crippen LogP contribution >= 0.6 is 11.6 Å². The van der Waals surface area contributed by atoms with E-state index < -0.39 is 24.2 Å². The Morgan fingerprint density at radius 3 is 2.32 bits per heavy atom. The highest BCUT2D eigenvalue weighted by Crippen LogP contribution is 2.34. The second-order valence-electron chi connectivity index (χ2n) is 6.05. The average Bonchev–Trinajstić information content (AvgIpc) is 2.48. The van der Waals surface area contributed by atoms with Crippen LogP contribution in [0.25, 0.3) is 11.1 Å². The summed E-state index contributed by atoms with van der Waals surface area (Å²) >= 11 is 6.07. The monoisotopic (exact) mass is 363 g/mol. The minimum absolute atomic E-state index is 0.151. The average molecular weight is 364 g/mol. The predicted molar refractivity (Wildman–Crippen MR) is 95.3 cm³/mol. The predicted octanol–water partition coefficient (Wildman–Crippen LogP) is 4.33. The molecule has 1 atom stereocenters. The molecule has 2 rings (SSSR count). The maximum Gasteiger partial charge on any atom is 0.305 e. The van der Waals surface area contributed by atoms with E-state index in [0.717, 1.165) is 22.3 Å². The maximum absolute atomic E-state index is 14.6. The third-order valence-corrected chi connectivity index (χ3v) is 4.31. The molecule has 2 aromatic carbocycles. The number of carboxylic acids is 1. The van der Waals surface area contributed by atoms with Crippen LogP contribution in [0.15, 0.2) is 24.3 Å². The molecule has 0 spiro atoms. The van der Waals surface area contributed by atoms with E-state index in [1.807, 2.05) is 26.0 Å². The first-order valence-electron chi connectivity index (χ1n) is 7.73. The van der Waals surface area contributed by atoms with Gasteiger partial charge in [0, 0.05) is 10.6 Å². The van der Waals surface area contributed by atoms with Crippen LogP contribution in [0.5, 0.6) is 0 Å². The second-order valence-corrected chi connectivity index (χ2v) is 6.48. The normalized spacial score (nSPS) is 11.9. The van der Waals surface area contributed by atoms with E-state index in [9.17, 15) is 14.0 Å². The summed E-state index contributed by atoms with van der Waals surface area (Å²) in [7, 11) is 0. The van der Waals surface area contributed by atoms with Crippen LogP contribution in [0.2, 0.25) is 5.02 Å². The number of amides is 1. The Morgan fingerprint density at radius 2 is 1.80 bits per heavy atom. The van der Waals surface area contributed by atoms with Crippen molar-refractivity contribution in [2.24, 2.45) is 0 Å². The molecule has 2 aromatic rings. The fourth-order valence-electron chi connectivity index (χ4n) is 3.08. The van der Waals surface area contributed by atoms with E-state index in [2.05, 4.69) is 5.32 Å². The summed E-state index contributed by atoms with van der Waals surface area (Å²) in [5, 5.41) is 12.1. The van der Waals surface area contributed by atoms with Gasteiger partial charge in [0.25, 0.3) is 0 Å². The Hall–Kier alpha value is -2.40. The molecular weight excluding hydrogens is 345 g/mol. The van der Waals surface area contributed by atoms with Crippen LogP contribution in [-0.2, 0) is 9.59 Å². The second kappa shape index (κ2) is 7.66. The van der Waals surface area contributed by atoms with E-state index in [4.69, 9.17) is 16.7 Å². The van der Waals surface area contributed by atoms with Gasteiger partial charge in [0.1, 0.15) is 5.82 Å². The molecule has 6 heteroatoms. The van der Waals surface area contributed by atoms with E-state index in [-0.39, 0.29) is 5.56 Å². The number of rotatable bonds is 6. The van der Waals surface area contributed by atoms with Gasteiger partial charge in [-0.2, -0.15) is 0 Å². The lowest BCUT2D eigenvalue weighted by Gasteiger charge is -2.19. The number of carboxylic acid groups (broad SMARTS) is 1. The third kappa shape index (κ3) is 4.17. The fraction of sp³-hybridized carbons (Fsp3) is 0.263. The largest absolute Gasteiger partial charge is 0.481 e. The highest BCUT2D eigenvalue weighted by atomic mass is 35.5. The molecule has 4 nitrogen and oxygen atoms in total. The number of carbonyl (C=O) groups excluding carboxylic acids is 1. The highest BCUT2D eigenvalue weighted by molar-refractivity contribution is 6.30. The molecule has 0 saturated heterocycles. The summed E-state index contributed by atoms with van der Waals surface area (Å²) in [6, 6.07) is 6.00. The van der Waals surface area contributed by atoms with Crippen LogP contribution < -0.4 is 5.32 Å². The number of nitrogens with one attached hydrogen (secondary N) is 1. The van der Waals surface area contributed by atoms with Crippen molar-refractivity contribution in [2.75, 3.05) is 0 Å². The number of hydrogen-bond donors (Lipinski definition) is 2. The maximum atomic E-state index is 14.6. The first-order chi connectivity index (χ1) is 11.7. The van der Waals surface area contributed by atoms with Gasteiger partial charge in [-0.15, -0.1) is 0 Å². The molecule has 1 amide bonds. The molecule has 0 aliphatic carbocycles. The Bertz CT molecular complexity index is 813. The van der Waals surface area contributed by atoms with Crippen molar-refractivity contribution in [3.63, 3.8) is 0 Å². The molecule has 2 N–H and O–H groups in total. The minimum atomic E-state index is -1.12. The first-order valence-corrected chi connectivity index (χ1v) is 8.11. The number of aliphatic carboxylic acids is 1. The minimum Gasteiger partial charge on any atom is -0.481 e. The SMILES string of the molecule is Cc1cc(-c2c(C)cc(Cl)cc2C)cc(C(CC(=O)O)NC=O)c1F. The zero-order chi connectivity index (χ0) is 18.7. The molecule has 0 aliphatic heterocycles. The van der Waals surface area contributed by atoms with Gasteiger partial charge in [0.2, 0.25) is 6.41 Å². The third-order valence-electron chi connectivity index (χ3n) is 4.09. The lowest BCUT2D eigenvalue weighted by molar-refractivity contribution is -0.137. The quantitative estimate of drug-likeness (QED) is 0.750. The summed E-state index contributed by atoms with van der Waals surface area (Å²) in [5.41, 5.74) is 4.06. The van der Waals surface area contributed by atoms with Crippen molar-refractivity contribution < 1.29 is 19.1 Å². The number of hydrogen-bond acceptors (Lipinski definition) is 2. The molecule has 0 saturated carbocycles. The van der Waals surface area contributed by atoms with E-state index in [1.54, 1.807) is 19.1 Å². The zero-order valence-electron chi connectivity index (χ0n) is 14.2. The molecule has 0 radical (unpaired) electrons. The summed E-state index contributed by atoms with van der Waals surface area (Å²) in [4.78, 5) is 21.9. The number of halogens is 2. The molecule has 132 valence electrons. The van der Waals surface area contributed by atoms with Crippen LogP contribution in [0.4, 0.5) is 4.39 Å².